The van der Waals surface area contributed by atoms with Gasteiger partial charge in [-0.3, -0.25) is 4.79 Å². The Kier molecular flexibility index (Phi) is 33.3. The van der Waals surface area contributed by atoms with Crippen molar-refractivity contribution in [1.29, 1.82) is 0 Å². The van der Waals surface area contributed by atoms with E-state index >= 15 is 0 Å². The second-order valence-electron chi connectivity index (χ2n) is 17.7. The van der Waals surface area contributed by atoms with Crippen LogP contribution in [0.1, 0.15) is 194 Å². The molecule has 0 spiro atoms. The Morgan fingerprint density at radius 2 is 0.869 bits per heavy atom. The summed E-state index contributed by atoms with van der Waals surface area (Å²) in [7, 11) is 0. The number of ether oxygens (including phenoxy) is 6. The lowest BCUT2D eigenvalue weighted by Crippen LogP contribution is -2.61. The van der Waals surface area contributed by atoms with Crippen LogP contribution in [0.2, 0.25) is 0 Å². The van der Waals surface area contributed by atoms with Crippen molar-refractivity contribution in [1.82, 2.24) is 0 Å². The molecule has 0 aromatic carbocycles. The van der Waals surface area contributed by atoms with Gasteiger partial charge in [0.1, 0.15) is 54.9 Å². The van der Waals surface area contributed by atoms with E-state index in [1.54, 1.807) is 0 Å². The van der Waals surface area contributed by atoms with Crippen LogP contribution in [-0.4, -0.2) is 142 Å². The summed E-state index contributed by atoms with van der Waals surface area (Å²) in [6.07, 6.45) is 17.7. The van der Waals surface area contributed by atoms with Gasteiger partial charge in [0.25, 0.3) is 0 Å². The molecule has 11 atom stereocenters. The van der Waals surface area contributed by atoms with E-state index in [0.29, 0.717) is 6.61 Å². The van der Waals surface area contributed by atoms with E-state index < -0.39 is 80.7 Å². The van der Waals surface area contributed by atoms with Crippen LogP contribution in [0.4, 0.5) is 0 Å². The Balaban J connectivity index is 1.70. The third-order valence-electron chi connectivity index (χ3n) is 12.1. The highest BCUT2D eigenvalue weighted by atomic mass is 16.7. The first-order chi connectivity index (χ1) is 29.6. The quantitative estimate of drug-likeness (QED) is 0.0259. The summed E-state index contributed by atoms with van der Waals surface area (Å²) in [4.78, 5) is 12.9. The topological polar surface area (TPSA) is 214 Å². The van der Waals surface area contributed by atoms with Gasteiger partial charge in [-0.2, -0.15) is 0 Å². The summed E-state index contributed by atoms with van der Waals surface area (Å²) in [6, 6.07) is 0. The summed E-state index contributed by atoms with van der Waals surface area (Å²) >= 11 is 0. The van der Waals surface area contributed by atoms with Crippen LogP contribution in [0.3, 0.4) is 0 Å². The highest BCUT2D eigenvalue weighted by Gasteiger charge is 2.47. The SMILES string of the molecule is CCCCCCCCCCCCCCCCCCCCCCC(=O)OC(COCCCCCCCCC)COC1OC(COC2OC(CO)C(O)C(O)C2O)C(O)C(O)C1O. The minimum absolute atomic E-state index is 0.0679. The number of carbonyl (C=O) groups is 1. The molecular formula is C47H90O14. The summed E-state index contributed by atoms with van der Waals surface area (Å²) in [6.45, 7) is 3.68. The summed E-state index contributed by atoms with van der Waals surface area (Å²) < 4.78 is 34.1. The molecule has 0 aromatic heterocycles. The second kappa shape index (κ2) is 36.2. The van der Waals surface area contributed by atoms with Crippen LogP contribution in [0.15, 0.2) is 0 Å². The van der Waals surface area contributed by atoms with Gasteiger partial charge in [0.2, 0.25) is 0 Å². The van der Waals surface area contributed by atoms with Gasteiger partial charge < -0.3 is 64.2 Å². The lowest BCUT2D eigenvalue weighted by molar-refractivity contribution is -0.332. The molecule has 0 aromatic rings. The minimum Gasteiger partial charge on any atom is -0.457 e. The van der Waals surface area contributed by atoms with Crippen LogP contribution in [0.5, 0.6) is 0 Å². The number of hydrogen-bond donors (Lipinski definition) is 7. The summed E-state index contributed by atoms with van der Waals surface area (Å²) in [5.74, 6) is -0.373. The predicted molar refractivity (Wildman–Crippen MR) is 234 cm³/mol. The monoisotopic (exact) mass is 879 g/mol. The average molecular weight is 879 g/mol. The molecule has 14 nitrogen and oxygen atoms in total. The van der Waals surface area contributed by atoms with Crippen LogP contribution >= 0.6 is 0 Å². The fraction of sp³-hybridized carbons (Fsp3) is 0.979. The highest BCUT2D eigenvalue weighted by Crippen LogP contribution is 2.26. The zero-order chi connectivity index (χ0) is 44.5. The molecule has 362 valence electrons. The largest absolute Gasteiger partial charge is 0.457 e. The third-order valence-corrected chi connectivity index (χ3v) is 12.1. The smallest absolute Gasteiger partial charge is 0.306 e. The van der Waals surface area contributed by atoms with E-state index in [1.165, 1.54) is 128 Å². The van der Waals surface area contributed by atoms with E-state index in [4.69, 9.17) is 28.4 Å². The van der Waals surface area contributed by atoms with Crippen molar-refractivity contribution >= 4 is 5.97 Å². The molecule has 0 bridgehead atoms. The van der Waals surface area contributed by atoms with Crippen LogP contribution in [-0.2, 0) is 33.2 Å². The number of aliphatic hydroxyl groups excluding tert-OH is 7. The number of esters is 1. The van der Waals surface area contributed by atoms with Gasteiger partial charge in [0.05, 0.1) is 26.4 Å². The second-order valence-corrected chi connectivity index (χ2v) is 17.7. The van der Waals surface area contributed by atoms with E-state index in [1.807, 2.05) is 0 Å². The van der Waals surface area contributed by atoms with Gasteiger partial charge in [0, 0.05) is 13.0 Å². The highest BCUT2D eigenvalue weighted by molar-refractivity contribution is 5.69. The fourth-order valence-electron chi connectivity index (χ4n) is 8.05. The van der Waals surface area contributed by atoms with Gasteiger partial charge in [-0.25, -0.2) is 0 Å². The van der Waals surface area contributed by atoms with Crippen molar-refractivity contribution in [3.8, 4) is 0 Å². The van der Waals surface area contributed by atoms with E-state index in [2.05, 4.69) is 13.8 Å². The van der Waals surface area contributed by atoms with Crippen molar-refractivity contribution in [2.24, 2.45) is 0 Å². The Bertz CT molecular complexity index is 1020. The maximum Gasteiger partial charge on any atom is 0.306 e. The van der Waals surface area contributed by atoms with E-state index in [9.17, 15) is 40.5 Å². The Morgan fingerprint density at radius 1 is 0.475 bits per heavy atom. The Hall–Kier alpha value is -1.01. The molecule has 2 aliphatic heterocycles. The van der Waals surface area contributed by atoms with Gasteiger partial charge in [-0.05, 0) is 12.8 Å². The van der Waals surface area contributed by atoms with Gasteiger partial charge in [-0.15, -0.1) is 0 Å². The van der Waals surface area contributed by atoms with Crippen molar-refractivity contribution in [3.63, 3.8) is 0 Å². The standard InChI is InChI=1S/C47H90O14/c1-3-5-7-9-11-12-13-14-15-16-17-18-19-20-21-22-23-24-26-28-30-39(49)59-36(33-56-31-29-27-25-10-8-6-4-2)34-57-46-45(55)43(53)41(51)38(61-46)35-58-47-44(54)42(52)40(50)37(32-48)60-47/h36-38,40-48,50-55H,3-35H2,1-2H3. The first kappa shape index (κ1) is 56.1. The molecule has 2 saturated heterocycles. The van der Waals surface area contributed by atoms with Crippen molar-refractivity contribution in [2.75, 3.05) is 33.0 Å². The van der Waals surface area contributed by atoms with Crippen molar-refractivity contribution < 1.29 is 69.0 Å². The van der Waals surface area contributed by atoms with Gasteiger partial charge in [0.15, 0.2) is 12.6 Å². The molecule has 61 heavy (non-hydrogen) atoms. The Labute approximate surface area is 368 Å². The van der Waals surface area contributed by atoms with Gasteiger partial charge in [-0.1, -0.05) is 174 Å². The number of carbonyl (C=O) groups excluding carboxylic acids is 1. The molecule has 11 unspecified atom stereocenters. The predicted octanol–water partition coefficient (Wildman–Crippen LogP) is 6.52. The van der Waals surface area contributed by atoms with Crippen LogP contribution < -0.4 is 0 Å². The molecule has 2 aliphatic rings. The van der Waals surface area contributed by atoms with E-state index in [-0.39, 0.29) is 25.6 Å². The molecular weight excluding hydrogens is 789 g/mol. The zero-order valence-corrected chi connectivity index (χ0v) is 38.2. The first-order valence-corrected chi connectivity index (χ1v) is 24.6. The maximum atomic E-state index is 12.9. The third kappa shape index (κ3) is 24.7. The van der Waals surface area contributed by atoms with Crippen LogP contribution in [0.25, 0.3) is 0 Å². The number of unbranched alkanes of at least 4 members (excludes halogenated alkanes) is 25. The molecule has 7 N–H and O–H groups in total. The van der Waals surface area contributed by atoms with Crippen molar-refractivity contribution in [3.05, 3.63) is 0 Å². The average Bonchev–Trinajstić information content (AvgIpc) is 3.25. The normalized spacial score (nSPS) is 27.4. The maximum absolute atomic E-state index is 12.9. The summed E-state index contributed by atoms with van der Waals surface area (Å²) in [5.41, 5.74) is 0. The van der Waals surface area contributed by atoms with Crippen LogP contribution in [0, 0.1) is 0 Å². The van der Waals surface area contributed by atoms with E-state index in [0.717, 1.165) is 44.9 Å². The zero-order valence-electron chi connectivity index (χ0n) is 38.2. The molecule has 0 saturated carbocycles. The van der Waals surface area contributed by atoms with Gasteiger partial charge >= 0.3 is 5.97 Å². The molecule has 2 rings (SSSR count). The molecule has 0 amide bonds. The minimum atomic E-state index is -1.70. The molecule has 2 fully saturated rings. The first-order valence-electron chi connectivity index (χ1n) is 24.6. The van der Waals surface area contributed by atoms with Crippen molar-refractivity contribution in [2.45, 2.75) is 261 Å². The lowest BCUT2D eigenvalue weighted by atomic mass is 9.98. The fourth-order valence-corrected chi connectivity index (χ4v) is 8.05. The number of rotatable bonds is 39. The molecule has 0 aliphatic carbocycles. The molecule has 14 heteroatoms. The molecule has 0 radical (unpaired) electrons. The number of hydrogen-bond acceptors (Lipinski definition) is 14. The number of aliphatic hydroxyl groups is 7. The summed E-state index contributed by atoms with van der Waals surface area (Å²) in [5, 5.41) is 71.8. The lowest BCUT2D eigenvalue weighted by Gasteiger charge is -2.42. The Morgan fingerprint density at radius 3 is 1.33 bits per heavy atom. The molecule has 2 heterocycles.